The first-order chi connectivity index (χ1) is 10.0. The highest BCUT2D eigenvalue weighted by atomic mass is 16.6. The lowest BCUT2D eigenvalue weighted by Gasteiger charge is -2.07. The zero-order valence-electron chi connectivity index (χ0n) is 10.5. The number of carbonyl (C=O) groups excluding carboxylic acids is 1. The van der Waals surface area contributed by atoms with Gasteiger partial charge in [0.25, 0.3) is 11.6 Å². The molecule has 2 aromatic rings. The molecule has 21 heavy (non-hydrogen) atoms. The molecule has 0 radical (unpaired) electrons. The van der Waals surface area contributed by atoms with E-state index in [1.165, 1.54) is 36.5 Å². The maximum absolute atomic E-state index is 12.1. The Labute approximate surface area is 118 Å². The van der Waals surface area contributed by atoms with E-state index in [0.29, 0.717) is 0 Å². The first kappa shape index (κ1) is 14.1. The van der Waals surface area contributed by atoms with Crippen molar-refractivity contribution in [3.05, 3.63) is 64.0 Å². The number of nitrogens with one attached hydrogen (secondary N) is 1. The Hall–Kier alpha value is -3.29. The lowest BCUT2D eigenvalue weighted by atomic mass is 10.1. The number of rotatable bonds is 4. The fourth-order valence-corrected chi connectivity index (χ4v) is 1.70. The number of para-hydroxylation sites is 1. The highest BCUT2D eigenvalue weighted by Gasteiger charge is 2.21. The number of hydrogen-bond acceptors (Lipinski definition) is 5. The van der Waals surface area contributed by atoms with E-state index in [-0.39, 0.29) is 22.5 Å². The predicted octanol–water partition coefficient (Wildman–Crippen LogP) is 1.94. The molecule has 8 nitrogen and oxygen atoms in total. The molecule has 8 heteroatoms. The van der Waals surface area contributed by atoms with Gasteiger partial charge in [0.15, 0.2) is 0 Å². The van der Waals surface area contributed by atoms with Gasteiger partial charge in [-0.15, -0.1) is 0 Å². The summed E-state index contributed by atoms with van der Waals surface area (Å²) >= 11 is 0. The second-order valence-electron chi connectivity index (χ2n) is 3.95. The minimum atomic E-state index is -1.24. The van der Waals surface area contributed by atoms with Gasteiger partial charge in [-0.2, -0.15) is 0 Å². The molecule has 106 valence electrons. The number of carboxylic acids is 1. The second kappa shape index (κ2) is 5.78. The Kier molecular flexibility index (Phi) is 3.89. The number of nitro benzene ring substituents is 1. The Balaban J connectivity index is 2.36. The minimum absolute atomic E-state index is 0.0341. The van der Waals surface area contributed by atoms with Gasteiger partial charge in [0.05, 0.1) is 22.4 Å². The highest BCUT2D eigenvalue weighted by molar-refractivity contribution is 6.09. The quantitative estimate of drug-likeness (QED) is 0.654. The number of carboxylic acid groups (broad SMARTS) is 1. The van der Waals surface area contributed by atoms with Gasteiger partial charge in [0.2, 0.25) is 0 Å². The van der Waals surface area contributed by atoms with Crippen LogP contribution in [-0.2, 0) is 0 Å². The van der Waals surface area contributed by atoms with Crippen molar-refractivity contribution in [2.24, 2.45) is 0 Å². The summed E-state index contributed by atoms with van der Waals surface area (Å²) in [6.07, 6.45) is 2.43. The number of hydrogen-bond donors (Lipinski definition) is 2. The Morgan fingerprint density at radius 2 is 1.90 bits per heavy atom. The highest BCUT2D eigenvalue weighted by Crippen LogP contribution is 2.20. The van der Waals surface area contributed by atoms with Crippen LogP contribution >= 0.6 is 0 Å². The number of nitrogens with zero attached hydrogens (tertiary/aromatic N) is 2. The third-order valence-electron chi connectivity index (χ3n) is 2.65. The number of pyridine rings is 1. The summed E-state index contributed by atoms with van der Waals surface area (Å²) in [7, 11) is 0. The van der Waals surface area contributed by atoms with E-state index in [1.54, 1.807) is 0 Å². The SMILES string of the molecule is O=C(O)c1ccncc1NC(=O)c1ccccc1[N+](=O)[O-]. The number of amides is 1. The summed E-state index contributed by atoms with van der Waals surface area (Å²) in [5.74, 6) is -2.02. The summed E-state index contributed by atoms with van der Waals surface area (Å²) in [4.78, 5) is 37.0. The van der Waals surface area contributed by atoms with Crippen molar-refractivity contribution in [2.75, 3.05) is 5.32 Å². The zero-order valence-corrected chi connectivity index (χ0v) is 10.5. The van der Waals surface area contributed by atoms with Crippen LogP contribution in [0.25, 0.3) is 0 Å². The number of aromatic nitrogens is 1. The average molecular weight is 287 g/mol. The number of carbonyl (C=O) groups is 2. The largest absolute Gasteiger partial charge is 0.478 e. The van der Waals surface area contributed by atoms with E-state index in [1.807, 2.05) is 0 Å². The molecule has 0 aliphatic carbocycles. The van der Waals surface area contributed by atoms with Gasteiger partial charge < -0.3 is 10.4 Å². The molecular weight excluding hydrogens is 278 g/mol. The number of benzene rings is 1. The third kappa shape index (κ3) is 3.00. The van der Waals surface area contributed by atoms with Crippen molar-refractivity contribution in [2.45, 2.75) is 0 Å². The molecular formula is C13H9N3O5. The number of anilines is 1. The molecule has 0 atom stereocenters. The van der Waals surface area contributed by atoms with Gasteiger partial charge in [-0.05, 0) is 12.1 Å². The van der Waals surface area contributed by atoms with Gasteiger partial charge in [-0.25, -0.2) is 4.79 Å². The van der Waals surface area contributed by atoms with Crippen LogP contribution in [0.2, 0.25) is 0 Å². The van der Waals surface area contributed by atoms with Crippen LogP contribution in [0.1, 0.15) is 20.7 Å². The molecule has 1 amide bonds. The van der Waals surface area contributed by atoms with Crippen LogP contribution in [0.15, 0.2) is 42.7 Å². The smallest absolute Gasteiger partial charge is 0.337 e. The molecule has 0 spiro atoms. The molecule has 0 saturated carbocycles. The monoisotopic (exact) mass is 287 g/mol. The molecule has 0 saturated heterocycles. The van der Waals surface area contributed by atoms with E-state index in [0.717, 1.165) is 6.20 Å². The molecule has 0 aliphatic rings. The first-order valence-corrected chi connectivity index (χ1v) is 5.73. The van der Waals surface area contributed by atoms with Crippen molar-refractivity contribution in [3.63, 3.8) is 0 Å². The van der Waals surface area contributed by atoms with Crippen molar-refractivity contribution in [1.29, 1.82) is 0 Å². The van der Waals surface area contributed by atoms with Gasteiger partial charge in [-0.3, -0.25) is 19.9 Å². The predicted molar refractivity (Wildman–Crippen MR) is 72.2 cm³/mol. The molecule has 0 bridgehead atoms. The van der Waals surface area contributed by atoms with Gasteiger partial charge in [-0.1, -0.05) is 12.1 Å². The first-order valence-electron chi connectivity index (χ1n) is 5.73. The van der Waals surface area contributed by atoms with Crippen LogP contribution in [0, 0.1) is 10.1 Å². The molecule has 1 aromatic heterocycles. The summed E-state index contributed by atoms with van der Waals surface area (Å²) in [6, 6.07) is 6.60. The van der Waals surface area contributed by atoms with Gasteiger partial charge in [0, 0.05) is 12.3 Å². The number of nitro groups is 1. The van der Waals surface area contributed by atoms with Crippen LogP contribution in [0.3, 0.4) is 0 Å². The van der Waals surface area contributed by atoms with E-state index < -0.39 is 16.8 Å². The lowest BCUT2D eigenvalue weighted by molar-refractivity contribution is -0.385. The van der Waals surface area contributed by atoms with Crippen LogP contribution < -0.4 is 5.32 Å². The minimum Gasteiger partial charge on any atom is -0.478 e. The van der Waals surface area contributed by atoms with Crippen LogP contribution in [0.5, 0.6) is 0 Å². The molecule has 0 fully saturated rings. The zero-order chi connectivity index (χ0) is 15.4. The fraction of sp³-hybridized carbons (Fsp3) is 0. The summed E-state index contributed by atoms with van der Waals surface area (Å²) < 4.78 is 0. The fourth-order valence-electron chi connectivity index (χ4n) is 1.70. The van der Waals surface area contributed by atoms with Crippen molar-refractivity contribution >= 4 is 23.3 Å². The van der Waals surface area contributed by atoms with E-state index >= 15 is 0 Å². The summed E-state index contributed by atoms with van der Waals surface area (Å²) in [6.45, 7) is 0. The second-order valence-corrected chi connectivity index (χ2v) is 3.95. The number of aromatic carboxylic acids is 1. The normalized spacial score (nSPS) is 9.90. The maximum Gasteiger partial charge on any atom is 0.337 e. The van der Waals surface area contributed by atoms with Gasteiger partial charge in [0.1, 0.15) is 5.56 Å². The standard InChI is InChI=1S/C13H9N3O5/c17-12(9-3-1-2-4-11(9)16(20)21)15-10-7-14-6-5-8(10)13(18)19/h1-7H,(H,15,17)(H,18,19). The van der Waals surface area contributed by atoms with Crippen LogP contribution in [0.4, 0.5) is 11.4 Å². The van der Waals surface area contributed by atoms with Crippen molar-refractivity contribution in [3.8, 4) is 0 Å². The summed E-state index contributed by atoms with van der Waals surface area (Å²) in [5.41, 5.74) is -0.719. The van der Waals surface area contributed by atoms with E-state index in [4.69, 9.17) is 5.11 Å². The topological polar surface area (TPSA) is 122 Å². The molecule has 0 unspecified atom stereocenters. The third-order valence-corrected chi connectivity index (χ3v) is 2.65. The molecule has 1 aromatic carbocycles. The average Bonchev–Trinajstić information content (AvgIpc) is 2.47. The van der Waals surface area contributed by atoms with E-state index in [2.05, 4.69) is 10.3 Å². The molecule has 0 aliphatic heterocycles. The Bertz CT molecular complexity index is 729. The van der Waals surface area contributed by atoms with E-state index in [9.17, 15) is 19.7 Å². The lowest BCUT2D eigenvalue weighted by Crippen LogP contribution is -2.16. The Morgan fingerprint density at radius 1 is 1.19 bits per heavy atom. The van der Waals surface area contributed by atoms with Crippen molar-refractivity contribution in [1.82, 2.24) is 4.98 Å². The molecule has 1 heterocycles. The van der Waals surface area contributed by atoms with Crippen molar-refractivity contribution < 1.29 is 19.6 Å². The summed E-state index contributed by atoms with van der Waals surface area (Å²) in [5, 5.41) is 22.2. The Morgan fingerprint density at radius 3 is 2.57 bits per heavy atom. The van der Waals surface area contributed by atoms with Crippen LogP contribution in [-0.4, -0.2) is 26.9 Å². The maximum atomic E-state index is 12.1. The molecule has 2 N–H and O–H groups in total. The van der Waals surface area contributed by atoms with Gasteiger partial charge >= 0.3 is 5.97 Å². The molecule has 2 rings (SSSR count).